The first-order chi connectivity index (χ1) is 5.16. The van der Waals surface area contributed by atoms with Crippen molar-refractivity contribution >= 4 is 6.16 Å². The zero-order valence-corrected chi connectivity index (χ0v) is 6.12. The Hall–Kier alpha value is -1.51. The fourth-order valence-electron chi connectivity index (χ4n) is 0.407. The normalized spacial score (nSPS) is 9.45. The smallest absolute Gasteiger partial charge is 0.450 e. The molecule has 60 valence electrons. The van der Waals surface area contributed by atoms with Gasteiger partial charge in [0.15, 0.2) is 0 Å². The Morgan fingerprint density at radius 1 is 1.64 bits per heavy atom. The van der Waals surface area contributed by atoms with Gasteiger partial charge >= 0.3 is 6.16 Å². The first kappa shape index (κ1) is 9.49. The van der Waals surface area contributed by atoms with Crippen LogP contribution in [0.3, 0.4) is 0 Å². The summed E-state index contributed by atoms with van der Waals surface area (Å²) in [5.41, 5.74) is 0.590. The number of ether oxygens (including phenoxy) is 1. The lowest BCUT2D eigenvalue weighted by atomic mass is 10.3. The molecule has 0 saturated heterocycles. The van der Waals surface area contributed by atoms with Crippen LogP contribution in [0.4, 0.5) is 4.79 Å². The molecule has 0 spiro atoms. The first-order valence-electron chi connectivity index (χ1n) is 2.99. The SMILES string of the molecule is C=C/C=C\C(=C)COC(=O)O. The molecule has 0 aliphatic carbocycles. The molecular formula is C8H10O3. The average Bonchev–Trinajstić information content (AvgIpc) is 1.97. The molecular weight excluding hydrogens is 144 g/mol. The lowest BCUT2D eigenvalue weighted by molar-refractivity contribution is 0.100. The molecule has 0 aromatic carbocycles. The fraction of sp³-hybridized carbons (Fsp3) is 0.125. The molecule has 0 aromatic heterocycles. The van der Waals surface area contributed by atoms with E-state index in [9.17, 15) is 4.79 Å². The minimum atomic E-state index is -1.29. The average molecular weight is 154 g/mol. The van der Waals surface area contributed by atoms with Gasteiger partial charge in [-0.2, -0.15) is 0 Å². The summed E-state index contributed by atoms with van der Waals surface area (Å²) in [6, 6.07) is 0. The Bertz CT molecular complexity index is 192. The second-order valence-corrected chi connectivity index (χ2v) is 1.81. The molecule has 0 unspecified atom stereocenters. The number of hydrogen-bond donors (Lipinski definition) is 1. The van der Waals surface area contributed by atoms with E-state index in [-0.39, 0.29) is 6.61 Å². The summed E-state index contributed by atoms with van der Waals surface area (Å²) in [6.45, 7) is 6.98. The second kappa shape index (κ2) is 5.29. The predicted octanol–water partition coefficient (Wildman–Crippen LogP) is 1.98. The van der Waals surface area contributed by atoms with Gasteiger partial charge in [-0.15, -0.1) is 0 Å². The molecule has 0 saturated carbocycles. The molecule has 3 nitrogen and oxygen atoms in total. The zero-order valence-electron chi connectivity index (χ0n) is 6.12. The summed E-state index contributed by atoms with van der Waals surface area (Å²) in [5.74, 6) is 0. The van der Waals surface area contributed by atoms with E-state index >= 15 is 0 Å². The van der Waals surface area contributed by atoms with E-state index in [0.29, 0.717) is 5.57 Å². The summed E-state index contributed by atoms with van der Waals surface area (Å²) in [6.07, 6.45) is 3.58. The maximum Gasteiger partial charge on any atom is 0.506 e. The number of carbonyl (C=O) groups is 1. The number of hydrogen-bond acceptors (Lipinski definition) is 2. The van der Waals surface area contributed by atoms with Gasteiger partial charge in [-0.1, -0.05) is 31.4 Å². The van der Waals surface area contributed by atoms with Crippen molar-refractivity contribution in [3.05, 3.63) is 37.0 Å². The van der Waals surface area contributed by atoms with Gasteiger partial charge in [-0.25, -0.2) is 4.79 Å². The number of rotatable bonds is 4. The minimum Gasteiger partial charge on any atom is -0.450 e. The van der Waals surface area contributed by atoms with Gasteiger partial charge in [-0.3, -0.25) is 0 Å². The summed E-state index contributed by atoms with van der Waals surface area (Å²) in [5, 5.41) is 8.08. The van der Waals surface area contributed by atoms with Crippen molar-refractivity contribution < 1.29 is 14.6 Å². The molecule has 0 heterocycles. The van der Waals surface area contributed by atoms with Gasteiger partial charge in [0.1, 0.15) is 6.61 Å². The van der Waals surface area contributed by atoms with Crippen molar-refractivity contribution in [3.63, 3.8) is 0 Å². The van der Waals surface area contributed by atoms with Crippen LogP contribution in [0, 0.1) is 0 Å². The van der Waals surface area contributed by atoms with Crippen LogP contribution in [-0.4, -0.2) is 17.9 Å². The molecule has 0 radical (unpaired) electrons. The quantitative estimate of drug-likeness (QED) is 0.497. The Labute approximate surface area is 65.3 Å². The van der Waals surface area contributed by atoms with Crippen LogP contribution in [0.25, 0.3) is 0 Å². The Balaban J connectivity index is 3.61. The molecule has 11 heavy (non-hydrogen) atoms. The van der Waals surface area contributed by atoms with Crippen LogP contribution in [0.5, 0.6) is 0 Å². The molecule has 3 heteroatoms. The standard InChI is InChI=1S/C8H10O3/c1-3-4-5-7(2)6-11-8(9)10/h3-5H,1-2,6H2,(H,9,10)/b5-4-. The van der Waals surface area contributed by atoms with E-state index < -0.39 is 6.16 Å². The zero-order chi connectivity index (χ0) is 8.69. The second-order valence-electron chi connectivity index (χ2n) is 1.81. The first-order valence-corrected chi connectivity index (χ1v) is 2.99. The van der Waals surface area contributed by atoms with Gasteiger partial charge in [0.25, 0.3) is 0 Å². The number of allylic oxidation sites excluding steroid dienone is 2. The Morgan fingerprint density at radius 3 is 2.73 bits per heavy atom. The highest BCUT2D eigenvalue weighted by molar-refractivity contribution is 5.57. The van der Waals surface area contributed by atoms with E-state index in [0.717, 1.165) is 0 Å². The molecule has 0 aliphatic heterocycles. The summed E-state index contributed by atoms with van der Waals surface area (Å²) >= 11 is 0. The molecule has 0 aliphatic rings. The van der Waals surface area contributed by atoms with Gasteiger partial charge < -0.3 is 9.84 Å². The lowest BCUT2D eigenvalue weighted by Gasteiger charge is -1.97. The van der Waals surface area contributed by atoms with Crippen LogP contribution >= 0.6 is 0 Å². The minimum absolute atomic E-state index is 0.000324. The van der Waals surface area contributed by atoms with Crippen molar-refractivity contribution in [3.8, 4) is 0 Å². The molecule has 0 aromatic rings. The highest BCUT2D eigenvalue weighted by Crippen LogP contribution is 1.94. The molecule has 0 rings (SSSR count). The summed E-state index contributed by atoms with van der Waals surface area (Å²) in [4.78, 5) is 9.87. The van der Waals surface area contributed by atoms with Crippen molar-refractivity contribution in [1.29, 1.82) is 0 Å². The predicted molar refractivity (Wildman–Crippen MR) is 42.5 cm³/mol. The third-order valence-electron chi connectivity index (χ3n) is 0.849. The van der Waals surface area contributed by atoms with Gasteiger partial charge in [0.05, 0.1) is 0 Å². The Morgan fingerprint density at radius 2 is 2.27 bits per heavy atom. The van der Waals surface area contributed by atoms with Crippen molar-refractivity contribution in [2.75, 3.05) is 6.61 Å². The largest absolute Gasteiger partial charge is 0.506 e. The number of carboxylic acid groups (broad SMARTS) is 1. The van der Waals surface area contributed by atoms with Crippen molar-refractivity contribution in [2.24, 2.45) is 0 Å². The van der Waals surface area contributed by atoms with Gasteiger partial charge in [0, 0.05) is 0 Å². The molecule has 0 fully saturated rings. The molecule has 0 amide bonds. The monoisotopic (exact) mass is 154 g/mol. The van der Waals surface area contributed by atoms with Gasteiger partial charge in [0.2, 0.25) is 0 Å². The molecule has 0 bridgehead atoms. The van der Waals surface area contributed by atoms with E-state index in [1.165, 1.54) is 0 Å². The molecule has 0 atom stereocenters. The maximum atomic E-state index is 9.87. The highest BCUT2D eigenvalue weighted by atomic mass is 16.7. The van der Waals surface area contributed by atoms with Crippen LogP contribution in [0.1, 0.15) is 0 Å². The topological polar surface area (TPSA) is 46.5 Å². The fourth-order valence-corrected chi connectivity index (χ4v) is 0.407. The summed E-state index contributed by atoms with van der Waals surface area (Å²) < 4.78 is 4.23. The molecule has 1 N–H and O–H groups in total. The van der Waals surface area contributed by atoms with Crippen LogP contribution in [-0.2, 0) is 4.74 Å². The van der Waals surface area contributed by atoms with Crippen molar-refractivity contribution in [1.82, 2.24) is 0 Å². The van der Waals surface area contributed by atoms with E-state index in [1.807, 2.05) is 0 Å². The van der Waals surface area contributed by atoms with Crippen molar-refractivity contribution in [2.45, 2.75) is 0 Å². The summed E-state index contributed by atoms with van der Waals surface area (Å²) in [7, 11) is 0. The van der Waals surface area contributed by atoms with Gasteiger partial charge in [-0.05, 0) is 5.57 Å². The Kier molecular flexibility index (Phi) is 4.56. The van der Waals surface area contributed by atoms with E-state index in [2.05, 4.69) is 17.9 Å². The third-order valence-corrected chi connectivity index (χ3v) is 0.849. The van der Waals surface area contributed by atoms with E-state index in [1.54, 1.807) is 18.2 Å². The van der Waals surface area contributed by atoms with Crippen LogP contribution < -0.4 is 0 Å². The van der Waals surface area contributed by atoms with Crippen LogP contribution in [0.15, 0.2) is 37.0 Å². The van der Waals surface area contributed by atoms with Crippen LogP contribution in [0.2, 0.25) is 0 Å². The van der Waals surface area contributed by atoms with E-state index in [4.69, 9.17) is 5.11 Å². The third kappa shape index (κ3) is 6.37. The maximum absolute atomic E-state index is 9.87. The lowest BCUT2D eigenvalue weighted by Crippen LogP contribution is -2.02. The highest BCUT2D eigenvalue weighted by Gasteiger charge is 1.94.